The Morgan fingerprint density at radius 3 is 2.18 bits per heavy atom. The van der Waals surface area contributed by atoms with Crippen LogP contribution in [0, 0.1) is 6.92 Å². The molecule has 0 aromatic heterocycles. The van der Waals surface area contributed by atoms with Gasteiger partial charge in [-0.25, -0.2) is 22.0 Å². The largest absolute Gasteiger partial charge is 0.497 e. The molecule has 34 heavy (non-hydrogen) atoms. The van der Waals surface area contributed by atoms with Gasteiger partial charge in [0.05, 0.1) is 22.6 Å². The summed E-state index contributed by atoms with van der Waals surface area (Å²) < 4.78 is 61.4. The average Bonchev–Trinajstić information content (AvgIpc) is 2.79. The predicted molar refractivity (Wildman–Crippen MR) is 127 cm³/mol. The lowest BCUT2D eigenvalue weighted by atomic mass is 10.2. The first-order valence-electron chi connectivity index (χ1n) is 9.81. The number of ether oxygens (including phenoxy) is 2. The van der Waals surface area contributed by atoms with Crippen molar-refractivity contribution >= 4 is 37.3 Å². The number of methoxy groups -OCH3 is 1. The quantitative estimate of drug-likeness (QED) is 0.404. The maximum Gasteiger partial charge on any atom is 0.262 e. The molecule has 0 fully saturated rings. The van der Waals surface area contributed by atoms with Crippen LogP contribution in [0.5, 0.6) is 11.5 Å². The zero-order chi connectivity index (χ0) is 24.9. The highest BCUT2D eigenvalue weighted by Gasteiger charge is 2.17. The summed E-state index contributed by atoms with van der Waals surface area (Å²) in [5, 5.41) is 7.72. The van der Waals surface area contributed by atoms with Gasteiger partial charge in [-0.2, -0.15) is 0 Å². The van der Waals surface area contributed by atoms with Crippen molar-refractivity contribution in [3.05, 3.63) is 72.3 Å². The Hall–Kier alpha value is -3.61. The van der Waals surface area contributed by atoms with Crippen molar-refractivity contribution in [1.82, 2.24) is 0 Å². The van der Waals surface area contributed by atoms with Gasteiger partial charge >= 0.3 is 0 Å². The van der Waals surface area contributed by atoms with Crippen LogP contribution in [0.25, 0.3) is 0 Å². The van der Waals surface area contributed by atoms with Gasteiger partial charge in [-0.1, -0.05) is 12.1 Å². The normalized spacial score (nSPS) is 11.5. The zero-order valence-electron chi connectivity index (χ0n) is 18.3. The fourth-order valence-corrected chi connectivity index (χ4v) is 4.59. The Morgan fingerprint density at radius 1 is 0.912 bits per heavy atom. The number of hydrogen-bond donors (Lipinski definition) is 3. The molecule has 3 aromatic rings. The van der Waals surface area contributed by atoms with Crippen LogP contribution in [0.15, 0.2) is 76.5 Å². The van der Waals surface area contributed by atoms with E-state index >= 15 is 0 Å². The van der Waals surface area contributed by atoms with Crippen molar-refractivity contribution in [2.45, 2.75) is 16.7 Å². The van der Waals surface area contributed by atoms with Gasteiger partial charge in [0, 0.05) is 5.69 Å². The molecule has 0 unspecified atom stereocenters. The summed E-state index contributed by atoms with van der Waals surface area (Å²) in [6.45, 7) is 1.20. The fourth-order valence-electron chi connectivity index (χ4n) is 2.92. The molecule has 1 amide bonds. The Balaban J connectivity index is 1.69. The van der Waals surface area contributed by atoms with Crippen LogP contribution in [-0.2, 0) is 24.8 Å². The number of aryl methyl sites for hydroxylation is 1. The molecule has 180 valence electrons. The average molecular weight is 506 g/mol. The molecule has 0 aliphatic carbocycles. The summed E-state index contributed by atoms with van der Waals surface area (Å²) in [5.41, 5.74) is 1.03. The lowest BCUT2D eigenvalue weighted by Gasteiger charge is -2.14. The summed E-state index contributed by atoms with van der Waals surface area (Å²) in [6.07, 6.45) is 0. The van der Waals surface area contributed by atoms with E-state index < -0.39 is 32.6 Å². The molecule has 0 atom stereocenters. The van der Waals surface area contributed by atoms with Crippen LogP contribution in [0.2, 0.25) is 0 Å². The van der Waals surface area contributed by atoms with Crippen molar-refractivity contribution in [2.75, 3.05) is 23.8 Å². The molecule has 0 radical (unpaired) electrons. The molecule has 3 aromatic carbocycles. The fraction of sp³-hybridized carbons (Fsp3) is 0.136. The number of nitrogens with two attached hydrogens (primary N) is 1. The maximum atomic E-state index is 12.7. The molecule has 0 heterocycles. The minimum absolute atomic E-state index is 0.0271. The van der Waals surface area contributed by atoms with Gasteiger partial charge in [0.15, 0.2) is 6.61 Å². The third-order valence-corrected chi connectivity index (χ3v) is 6.95. The Labute approximate surface area is 197 Å². The van der Waals surface area contributed by atoms with Gasteiger partial charge < -0.3 is 14.8 Å². The predicted octanol–water partition coefficient (Wildman–Crippen LogP) is 2.47. The standard InChI is InChI=1S/C22H23N3O7S2/c1-15-13-18(33(23,27)28)11-12-19(15)24-22(26)14-32-21-6-4-3-5-20(21)25-34(29,30)17-9-7-16(31-2)8-10-17/h3-13,25H,14H2,1-2H3,(H,24,26)(H2,23,27,28). The van der Waals surface area contributed by atoms with Gasteiger partial charge in [-0.3, -0.25) is 9.52 Å². The molecule has 0 bridgehead atoms. The number of para-hydroxylation sites is 2. The van der Waals surface area contributed by atoms with Gasteiger partial charge in [0.25, 0.3) is 15.9 Å². The Bertz CT molecular complexity index is 1400. The van der Waals surface area contributed by atoms with E-state index in [2.05, 4.69) is 10.0 Å². The van der Waals surface area contributed by atoms with E-state index in [1.54, 1.807) is 19.1 Å². The minimum atomic E-state index is -3.92. The van der Waals surface area contributed by atoms with E-state index in [-0.39, 0.29) is 21.2 Å². The van der Waals surface area contributed by atoms with E-state index in [1.807, 2.05) is 0 Å². The van der Waals surface area contributed by atoms with E-state index in [0.29, 0.717) is 17.0 Å². The van der Waals surface area contributed by atoms with Gasteiger partial charge in [-0.05, 0) is 67.1 Å². The lowest BCUT2D eigenvalue weighted by Crippen LogP contribution is -2.21. The number of rotatable bonds is 9. The first-order chi connectivity index (χ1) is 16.0. The number of benzene rings is 3. The third kappa shape index (κ3) is 6.25. The Morgan fingerprint density at radius 2 is 1.56 bits per heavy atom. The number of carbonyl (C=O) groups is 1. The summed E-state index contributed by atoms with van der Waals surface area (Å²) in [5.74, 6) is 0.138. The monoisotopic (exact) mass is 505 g/mol. The van der Waals surface area contributed by atoms with Gasteiger partial charge in [-0.15, -0.1) is 0 Å². The summed E-state index contributed by atoms with van der Waals surface area (Å²) in [4.78, 5) is 12.3. The van der Waals surface area contributed by atoms with E-state index in [4.69, 9.17) is 14.6 Å². The van der Waals surface area contributed by atoms with Gasteiger partial charge in [0.1, 0.15) is 11.5 Å². The number of primary sulfonamides is 1. The summed E-state index contributed by atoms with van der Waals surface area (Å²) in [6, 6.07) is 16.2. The van der Waals surface area contributed by atoms with E-state index in [1.165, 1.54) is 61.7 Å². The second-order valence-electron chi connectivity index (χ2n) is 7.14. The first-order valence-corrected chi connectivity index (χ1v) is 12.8. The van der Waals surface area contributed by atoms with Crippen LogP contribution < -0.4 is 24.7 Å². The van der Waals surface area contributed by atoms with E-state index in [9.17, 15) is 21.6 Å². The molecular formula is C22H23N3O7S2. The second-order valence-corrected chi connectivity index (χ2v) is 10.4. The van der Waals surface area contributed by atoms with Crippen LogP contribution in [0.4, 0.5) is 11.4 Å². The second kappa shape index (κ2) is 10.1. The third-order valence-electron chi connectivity index (χ3n) is 4.66. The topological polar surface area (TPSA) is 154 Å². The molecule has 0 saturated heterocycles. The van der Waals surface area contributed by atoms with Gasteiger partial charge in [0.2, 0.25) is 10.0 Å². The first kappa shape index (κ1) is 25.0. The highest BCUT2D eigenvalue weighted by Crippen LogP contribution is 2.27. The number of carbonyl (C=O) groups excluding carboxylic acids is 1. The highest BCUT2D eigenvalue weighted by atomic mass is 32.2. The van der Waals surface area contributed by atoms with Crippen molar-refractivity contribution in [3.63, 3.8) is 0 Å². The van der Waals surface area contributed by atoms with Crippen LogP contribution in [0.1, 0.15) is 5.56 Å². The van der Waals surface area contributed by atoms with Crippen LogP contribution in [-0.4, -0.2) is 36.5 Å². The number of amides is 1. The molecule has 4 N–H and O–H groups in total. The van der Waals surface area contributed by atoms with Crippen LogP contribution in [0.3, 0.4) is 0 Å². The Kier molecular flexibility index (Phi) is 7.44. The molecule has 0 spiro atoms. The van der Waals surface area contributed by atoms with Crippen molar-refractivity contribution in [2.24, 2.45) is 5.14 Å². The lowest BCUT2D eigenvalue weighted by molar-refractivity contribution is -0.118. The molecule has 0 aliphatic rings. The minimum Gasteiger partial charge on any atom is -0.497 e. The molecular weight excluding hydrogens is 482 g/mol. The number of anilines is 2. The zero-order valence-corrected chi connectivity index (χ0v) is 19.9. The van der Waals surface area contributed by atoms with Crippen molar-refractivity contribution in [1.29, 1.82) is 0 Å². The maximum absolute atomic E-state index is 12.7. The summed E-state index contributed by atoms with van der Waals surface area (Å²) in [7, 11) is -6.30. The molecule has 12 heteroatoms. The number of hydrogen-bond acceptors (Lipinski definition) is 7. The molecule has 3 rings (SSSR count). The van der Waals surface area contributed by atoms with E-state index in [0.717, 1.165) is 0 Å². The molecule has 0 aliphatic heterocycles. The number of nitrogens with one attached hydrogen (secondary N) is 2. The van der Waals surface area contributed by atoms with Crippen molar-refractivity contribution < 1.29 is 31.1 Å². The van der Waals surface area contributed by atoms with Crippen LogP contribution >= 0.6 is 0 Å². The smallest absolute Gasteiger partial charge is 0.262 e. The SMILES string of the molecule is COc1ccc(S(=O)(=O)Nc2ccccc2OCC(=O)Nc2ccc(S(N)(=O)=O)cc2C)cc1. The number of sulfonamides is 2. The highest BCUT2D eigenvalue weighted by molar-refractivity contribution is 7.92. The summed E-state index contributed by atoms with van der Waals surface area (Å²) >= 11 is 0. The molecule has 0 saturated carbocycles. The van der Waals surface area contributed by atoms with Crippen molar-refractivity contribution in [3.8, 4) is 11.5 Å². The molecule has 10 nitrogen and oxygen atoms in total.